The minimum atomic E-state index is -4.01. The van der Waals surface area contributed by atoms with E-state index in [0.717, 1.165) is 10.4 Å². The quantitative estimate of drug-likeness (QED) is 0.808. The highest BCUT2D eigenvalue weighted by molar-refractivity contribution is 7.92. The Balaban J connectivity index is 2.61. The molecule has 2 aromatic rings. The minimum absolute atomic E-state index is 0.00940. The van der Waals surface area contributed by atoms with Crippen LogP contribution in [0.15, 0.2) is 47.4 Å². The summed E-state index contributed by atoms with van der Waals surface area (Å²) in [7, 11) is -4.01. The smallest absolute Gasteiger partial charge is 0.264 e. The monoisotopic (exact) mass is 390 g/mol. The minimum Gasteiger partial charge on any atom is -0.330 e. The highest BCUT2D eigenvalue weighted by atomic mass is 35.5. The number of sulfonamides is 1. The number of hydrogen-bond donors (Lipinski definition) is 1. The molecule has 0 unspecified atom stereocenters. The molecule has 130 valence electrons. The molecule has 0 amide bonds. The van der Waals surface area contributed by atoms with Crippen LogP contribution in [0.3, 0.4) is 0 Å². The van der Waals surface area contributed by atoms with Crippen molar-refractivity contribution in [1.82, 2.24) is 0 Å². The highest BCUT2D eigenvalue weighted by Crippen LogP contribution is 2.31. The standard InChI is InChI=1S/C16H17Cl2FN2O2S/c1-11(8-9-20)21(16-10-13(18)4-7-15(16)19)24(22,23)14-5-2-12(17)3-6-14/h2-7,10-11H,8-9,20H2,1H3/t11-/m1/s1. The topological polar surface area (TPSA) is 63.4 Å². The van der Waals surface area contributed by atoms with E-state index in [1.165, 1.54) is 36.4 Å². The fourth-order valence-corrected chi connectivity index (χ4v) is 4.31. The van der Waals surface area contributed by atoms with Crippen molar-refractivity contribution in [2.45, 2.75) is 24.3 Å². The fraction of sp³-hybridized carbons (Fsp3) is 0.250. The average Bonchev–Trinajstić information content (AvgIpc) is 2.51. The van der Waals surface area contributed by atoms with E-state index in [1.54, 1.807) is 6.92 Å². The van der Waals surface area contributed by atoms with Crippen molar-refractivity contribution in [3.63, 3.8) is 0 Å². The predicted octanol–water partition coefficient (Wildman–Crippen LogP) is 4.07. The van der Waals surface area contributed by atoms with Gasteiger partial charge in [0.15, 0.2) is 0 Å². The van der Waals surface area contributed by atoms with Gasteiger partial charge in [0.05, 0.1) is 10.6 Å². The lowest BCUT2D eigenvalue weighted by atomic mass is 10.2. The van der Waals surface area contributed by atoms with Crippen molar-refractivity contribution in [2.75, 3.05) is 10.8 Å². The van der Waals surface area contributed by atoms with Gasteiger partial charge in [-0.05, 0) is 62.4 Å². The van der Waals surface area contributed by atoms with Crippen molar-refractivity contribution in [1.29, 1.82) is 0 Å². The van der Waals surface area contributed by atoms with Crippen molar-refractivity contribution in [3.05, 3.63) is 58.3 Å². The van der Waals surface area contributed by atoms with E-state index in [0.29, 0.717) is 11.4 Å². The molecule has 2 rings (SSSR count). The van der Waals surface area contributed by atoms with E-state index in [-0.39, 0.29) is 22.2 Å². The molecule has 0 aliphatic rings. The summed E-state index contributed by atoms with van der Waals surface area (Å²) in [5.41, 5.74) is 5.44. The molecule has 8 heteroatoms. The molecule has 0 aromatic heterocycles. The van der Waals surface area contributed by atoms with Crippen LogP contribution in [0, 0.1) is 5.82 Å². The van der Waals surface area contributed by atoms with Crippen molar-refractivity contribution >= 4 is 38.9 Å². The molecule has 0 aliphatic heterocycles. The van der Waals surface area contributed by atoms with E-state index in [9.17, 15) is 12.8 Å². The van der Waals surface area contributed by atoms with Gasteiger partial charge < -0.3 is 5.73 Å². The van der Waals surface area contributed by atoms with E-state index in [1.807, 2.05) is 0 Å². The van der Waals surface area contributed by atoms with Gasteiger partial charge >= 0.3 is 0 Å². The zero-order valence-electron chi connectivity index (χ0n) is 12.9. The summed E-state index contributed by atoms with van der Waals surface area (Å²) < 4.78 is 41.4. The summed E-state index contributed by atoms with van der Waals surface area (Å²) in [6.45, 7) is 1.93. The lowest BCUT2D eigenvalue weighted by Crippen LogP contribution is -2.40. The maximum absolute atomic E-state index is 14.3. The predicted molar refractivity (Wildman–Crippen MR) is 95.7 cm³/mol. The summed E-state index contributed by atoms with van der Waals surface area (Å²) in [5.74, 6) is -0.680. The number of halogens is 3. The first-order chi connectivity index (χ1) is 11.3. The Morgan fingerprint density at radius 2 is 1.71 bits per heavy atom. The van der Waals surface area contributed by atoms with Crippen molar-refractivity contribution in [3.8, 4) is 0 Å². The lowest BCUT2D eigenvalue weighted by Gasteiger charge is -2.30. The Hall–Kier alpha value is -1.34. The fourth-order valence-electron chi connectivity index (χ4n) is 2.34. The van der Waals surface area contributed by atoms with Gasteiger partial charge in [0, 0.05) is 16.1 Å². The third kappa shape index (κ3) is 4.00. The van der Waals surface area contributed by atoms with Crippen LogP contribution < -0.4 is 10.0 Å². The average molecular weight is 391 g/mol. The van der Waals surface area contributed by atoms with Crippen LogP contribution in [0.2, 0.25) is 10.0 Å². The molecule has 4 nitrogen and oxygen atoms in total. The van der Waals surface area contributed by atoms with E-state index >= 15 is 0 Å². The van der Waals surface area contributed by atoms with E-state index in [2.05, 4.69) is 0 Å². The highest BCUT2D eigenvalue weighted by Gasteiger charge is 2.31. The van der Waals surface area contributed by atoms with Crippen LogP contribution in [-0.2, 0) is 10.0 Å². The Bertz CT molecular complexity index is 813. The van der Waals surface area contributed by atoms with E-state index in [4.69, 9.17) is 28.9 Å². The van der Waals surface area contributed by atoms with Crippen LogP contribution in [0.25, 0.3) is 0 Å². The first-order valence-electron chi connectivity index (χ1n) is 7.22. The Labute approximate surface area is 151 Å². The zero-order chi connectivity index (χ0) is 17.9. The van der Waals surface area contributed by atoms with Gasteiger partial charge in [-0.25, -0.2) is 12.8 Å². The third-order valence-electron chi connectivity index (χ3n) is 3.50. The van der Waals surface area contributed by atoms with Crippen LogP contribution >= 0.6 is 23.2 Å². The molecule has 0 bridgehead atoms. The van der Waals surface area contributed by atoms with Crippen molar-refractivity contribution < 1.29 is 12.8 Å². The maximum atomic E-state index is 14.3. The van der Waals surface area contributed by atoms with Gasteiger partial charge in [0.1, 0.15) is 5.82 Å². The largest absolute Gasteiger partial charge is 0.330 e. The Kier molecular flexibility index (Phi) is 6.09. The molecule has 0 aliphatic carbocycles. The van der Waals surface area contributed by atoms with Gasteiger partial charge in [0.2, 0.25) is 0 Å². The number of benzene rings is 2. The van der Waals surface area contributed by atoms with Gasteiger partial charge in [-0.15, -0.1) is 0 Å². The summed E-state index contributed by atoms with van der Waals surface area (Å²) in [5, 5.41) is 0.645. The summed E-state index contributed by atoms with van der Waals surface area (Å²) >= 11 is 11.7. The van der Waals surface area contributed by atoms with Gasteiger partial charge in [-0.2, -0.15) is 0 Å². The molecule has 0 spiro atoms. The molecule has 0 saturated heterocycles. The third-order valence-corrected chi connectivity index (χ3v) is 5.93. The molecule has 0 saturated carbocycles. The second kappa shape index (κ2) is 7.70. The second-order valence-electron chi connectivity index (χ2n) is 5.28. The first-order valence-corrected chi connectivity index (χ1v) is 9.42. The SMILES string of the molecule is C[C@H](CCN)N(c1cc(Cl)ccc1F)S(=O)(=O)c1ccc(Cl)cc1. The normalized spacial score (nSPS) is 12.9. The molecule has 0 heterocycles. The van der Waals surface area contributed by atoms with E-state index < -0.39 is 21.9 Å². The maximum Gasteiger partial charge on any atom is 0.264 e. The summed E-state index contributed by atoms with van der Waals surface area (Å²) in [6.07, 6.45) is 0.360. The molecule has 24 heavy (non-hydrogen) atoms. The number of anilines is 1. The van der Waals surface area contributed by atoms with Gasteiger partial charge in [-0.3, -0.25) is 4.31 Å². The number of nitrogens with zero attached hydrogens (tertiary/aromatic N) is 1. The summed E-state index contributed by atoms with van der Waals surface area (Å²) in [4.78, 5) is 0.00940. The second-order valence-corrected chi connectivity index (χ2v) is 7.96. The first kappa shape index (κ1) is 19.0. The number of rotatable bonds is 6. The summed E-state index contributed by atoms with van der Waals surface area (Å²) in [6, 6.07) is 8.92. The molecule has 0 fully saturated rings. The molecule has 1 atom stereocenters. The van der Waals surface area contributed by atoms with Crippen LogP contribution in [0.5, 0.6) is 0 Å². The molecule has 2 N–H and O–H groups in total. The number of hydrogen-bond acceptors (Lipinski definition) is 3. The van der Waals surface area contributed by atoms with Gasteiger partial charge in [0.25, 0.3) is 10.0 Å². The molecular weight excluding hydrogens is 374 g/mol. The van der Waals surface area contributed by atoms with Crippen LogP contribution in [-0.4, -0.2) is 21.0 Å². The Morgan fingerprint density at radius 1 is 1.12 bits per heavy atom. The van der Waals surface area contributed by atoms with Crippen molar-refractivity contribution in [2.24, 2.45) is 5.73 Å². The Morgan fingerprint density at radius 3 is 2.29 bits per heavy atom. The van der Waals surface area contributed by atoms with Crippen LogP contribution in [0.4, 0.5) is 10.1 Å². The zero-order valence-corrected chi connectivity index (χ0v) is 15.2. The lowest BCUT2D eigenvalue weighted by molar-refractivity contribution is 0.564. The van der Waals surface area contributed by atoms with Gasteiger partial charge in [-0.1, -0.05) is 23.2 Å². The van der Waals surface area contributed by atoms with Crippen LogP contribution in [0.1, 0.15) is 13.3 Å². The molecule has 0 radical (unpaired) electrons. The molecular formula is C16H17Cl2FN2O2S. The number of nitrogens with two attached hydrogens (primary N) is 1. The molecule has 2 aromatic carbocycles.